The number of benzene rings is 3. The van der Waals surface area contributed by atoms with Gasteiger partial charge in [0.2, 0.25) is 11.7 Å². The summed E-state index contributed by atoms with van der Waals surface area (Å²) in [6.07, 6.45) is 2.03. The van der Waals surface area contributed by atoms with Crippen LogP contribution in [-0.2, 0) is 6.61 Å². The molecule has 1 atom stereocenters. The second-order valence-corrected chi connectivity index (χ2v) is 9.05. The van der Waals surface area contributed by atoms with E-state index < -0.39 is 0 Å². The molecule has 37 heavy (non-hydrogen) atoms. The van der Waals surface area contributed by atoms with Gasteiger partial charge in [-0.1, -0.05) is 47.6 Å². The van der Waals surface area contributed by atoms with Crippen molar-refractivity contribution in [1.29, 1.82) is 0 Å². The molecule has 0 aliphatic heterocycles. The third kappa shape index (κ3) is 5.33. The summed E-state index contributed by atoms with van der Waals surface area (Å²) in [5.74, 6) is 1.09. The van der Waals surface area contributed by atoms with Crippen LogP contribution in [0.2, 0.25) is 0 Å². The number of amides is 1. The minimum atomic E-state index is -0.213. The van der Waals surface area contributed by atoms with Gasteiger partial charge in [0.05, 0.1) is 5.56 Å². The Morgan fingerprint density at radius 1 is 1.05 bits per heavy atom. The summed E-state index contributed by atoms with van der Waals surface area (Å²) < 4.78 is 10.9. The number of carbonyl (C=O) groups is 1. The third-order valence-electron chi connectivity index (χ3n) is 6.33. The highest BCUT2D eigenvalue weighted by molar-refractivity contribution is 5.97. The van der Waals surface area contributed by atoms with Gasteiger partial charge in [0.1, 0.15) is 5.75 Å². The molecule has 0 fully saturated rings. The summed E-state index contributed by atoms with van der Waals surface area (Å²) in [5, 5.41) is 8.13. The number of ether oxygens (including phenoxy) is 1. The Hall–Kier alpha value is -4.59. The van der Waals surface area contributed by atoms with Crippen LogP contribution in [0.15, 0.2) is 83.5 Å². The highest BCUT2D eigenvalue weighted by atomic mass is 16.5. The summed E-state index contributed by atoms with van der Waals surface area (Å²) in [6, 6.07) is 23.8. The van der Waals surface area contributed by atoms with Crippen molar-refractivity contribution >= 4 is 22.5 Å². The first-order valence-corrected chi connectivity index (χ1v) is 12.1. The van der Waals surface area contributed by atoms with Crippen LogP contribution in [0.4, 0.5) is 5.69 Å². The molecule has 2 heterocycles. The molecule has 2 N–H and O–H groups in total. The quantitative estimate of drug-likeness (QED) is 0.297. The standard InChI is InChI=1S/C29H29N5O3/c1-19-32-28(33-37-19)18-36-27-11-7-5-9-23(27)29(35)31-16-24(20-12-14-21(15-13-20)34(2)3)25-17-30-26-10-6-4-8-22(25)26/h4-15,17,24,30H,16,18H2,1-3H3,(H,31,35). The SMILES string of the molecule is Cc1nc(COc2ccccc2C(=O)NCC(c2ccc(N(C)C)cc2)c2c[nH]c3ccccc23)no1. The smallest absolute Gasteiger partial charge is 0.255 e. The highest BCUT2D eigenvalue weighted by Gasteiger charge is 2.21. The number of fused-ring (bicyclic) bond motifs is 1. The molecule has 8 heteroatoms. The zero-order valence-electron chi connectivity index (χ0n) is 21.1. The van der Waals surface area contributed by atoms with Crippen molar-refractivity contribution in [2.45, 2.75) is 19.4 Å². The fourth-order valence-corrected chi connectivity index (χ4v) is 4.41. The molecule has 2 aromatic heterocycles. The monoisotopic (exact) mass is 495 g/mol. The number of anilines is 1. The maximum Gasteiger partial charge on any atom is 0.255 e. The lowest BCUT2D eigenvalue weighted by atomic mass is 9.90. The average Bonchev–Trinajstić information content (AvgIpc) is 3.54. The topological polar surface area (TPSA) is 96.3 Å². The van der Waals surface area contributed by atoms with Gasteiger partial charge in [0.15, 0.2) is 6.61 Å². The Balaban J connectivity index is 1.38. The molecular formula is C29H29N5O3. The van der Waals surface area contributed by atoms with Gasteiger partial charge >= 0.3 is 0 Å². The summed E-state index contributed by atoms with van der Waals surface area (Å²) in [5.41, 5.74) is 4.88. The molecule has 0 bridgehead atoms. The molecule has 188 valence electrons. The number of aromatic amines is 1. The molecule has 0 saturated carbocycles. The van der Waals surface area contributed by atoms with Crippen LogP contribution in [0.25, 0.3) is 10.9 Å². The molecule has 5 rings (SSSR count). The summed E-state index contributed by atoms with van der Waals surface area (Å²) >= 11 is 0. The van der Waals surface area contributed by atoms with Crippen LogP contribution in [0, 0.1) is 6.92 Å². The molecule has 0 saturated heterocycles. The predicted molar refractivity (Wildman–Crippen MR) is 143 cm³/mol. The fraction of sp³-hybridized carbons (Fsp3) is 0.207. The van der Waals surface area contributed by atoms with E-state index in [2.05, 4.69) is 61.7 Å². The maximum absolute atomic E-state index is 13.3. The van der Waals surface area contributed by atoms with Crippen molar-refractivity contribution < 1.29 is 14.1 Å². The van der Waals surface area contributed by atoms with Crippen LogP contribution < -0.4 is 15.0 Å². The summed E-state index contributed by atoms with van der Waals surface area (Å²) in [6.45, 7) is 2.24. The first-order valence-electron chi connectivity index (χ1n) is 12.1. The second kappa shape index (κ2) is 10.6. The van der Waals surface area contributed by atoms with E-state index in [0.717, 1.165) is 27.7 Å². The van der Waals surface area contributed by atoms with Gasteiger partial charge in [-0.2, -0.15) is 4.98 Å². The van der Waals surface area contributed by atoms with Gasteiger partial charge in [0, 0.05) is 56.3 Å². The first-order chi connectivity index (χ1) is 18.0. The van der Waals surface area contributed by atoms with E-state index in [-0.39, 0.29) is 18.4 Å². The van der Waals surface area contributed by atoms with E-state index in [1.165, 1.54) is 0 Å². The highest BCUT2D eigenvalue weighted by Crippen LogP contribution is 2.31. The zero-order valence-corrected chi connectivity index (χ0v) is 21.1. The number of rotatable bonds is 9. The molecule has 0 aliphatic carbocycles. The van der Waals surface area contributed by atoms with Crippen LogP contribution in [-0.4, -0.2) is 41.7 Å². The van der Waals surface area contributed by atoms with Crippen LogP contribution >= 0.6 is 0 Å². The molecule has 0 radical (unpaired) electrons. The minimum Gasteiger partial charge on any atom is -0.485 e. The number of aromatic nitrogens is 3. The first kappa shape index (κ1) is 24.1. The van der Waals surface area contributed by atoms with E-state index in [1.807, 2.05) is 44.6 Å². The molecule has 5 aromatic rings. The Kier molecular flexibility index (Phi) is 6.89. The Bertz CT molecular complexity index is 1500. The fourth-order valence-electron chi connectivity index (χ4n) is 4.41. The van der Waals surface area contributed by atoms with Crippen molar-refractivity contribution in [2.75, 3.05) is 25.5 Å². The number of hydrogen-bond acceptors (Lipinski definition) is 6. The Morgan fingerprint density at radius 3 is 2.57 bits per heavy atom. The van der Waals surface area contributed by atoms with E-state index in [1.54, 1.807) is 19.1 Å². The van der Waals surface area contributed by atoms with E-state index in [9.17, 15) is 4.79 Å². The van der Waals surface area contributed by atoms with E-state index in [4.69, 9.17) is 9.26 Å². The second-order valence-electron chi connectivity index (χ2n) is 9.05. The van der Waals surface area contributed by atoms with Crippen molar-refractivity contribution in [3.05, 3.63) is 107 Å². The van der Waals surface area contributed by atoms with E-state index >= 15 is 0 Å². The van der Waals surface area contributed by atoms with Crippen molar-refractivity contribution in [3.8, 4) is 5.75 Å². The van der Waals surface area contributed by atoms with Gasteiger partial charge in [-0.15, -0.1) is 0 Å². The normalized spacial score (nSPS) is 11.9. The lowest BCUT2D eigenvalue weighted by molar-refractivity contribution is 0.0947. The summed E-state index contributed by atoms with van der Waals surface area (Å²) in [7, 11) is 4.04. The number of nitrogens with one attached hydrogen (secondary N) is 2. The van der Waals surface area contributed by atoms with Gasteiger partial charge < -0.3 is 24.5 Å². The van der Waals surface area contributed by atoms with Gasteiger partial charge in [-0.05, 0) is 41.5 Å². The number of nitrogens with zero attached hydrogens (tertiary/aromatic N) is 3. The molecule has 1 amide bonds. The summed E-state index contributed by atoms with van der Waals surface area (Å²) in [4.78, 5) is 22.9. The number of H-pyrrole nitrogens is 1. The predicted octanol–water partition coefficient (Wildman–Crippen LogP) is 5.07. The van der Waals surface area contributed by atoms with Crippen LogP contribution in [0.1, 0.15) is 39.1 Å². The number of hydrogen-bond donors (Lipinski definition) is 2. The van der Waals surface area contributed by atoms with Gasteiger partial charge in [-0.25, -0.2) is 0 Å². The third-order valence-corrected chi connectivity index (χ3v) is 6.33. The lowest BCUT2D eigenvalue weighted by Gasteiger charge is -2.20. The van der Waals surface area contributed by atoms with Crippen LogP contribution in [0.5, 0.6) is 5.75 Å². The molecule has 0 aliphatic rings. The number of aryl methyl sites for hydroxylation is 1. The Morgan fingerprint density at radius 2 is 1.81 bits per heavy atom. The molecule has 8 nitrogen and oxygen atoms in total. The van der Waals surface area contributed by atoms with Crippen molar-refractivity contribution in [2.24, 2.45) is 0 Å². The van der Waals surface area contributed by atoms with Gasteiger partial charge in [-0.3, -0.25) is 4.79 Å². The van der Waals surface area contributed by atoms with Crippen molar-refractivity contribution in [1.82, 2.24) is 20.4 Å². The molecular weight excluding hydrogens is 466 g/mol. The number of para-hydroxylation sites is 2. The van der Waals surface area contributed by atoms with E-state index in [0.29, 0.717) is 29.6 Å². The van der Waals surface area contributed by atoms with Gasteiger partial charge in [0.25, 0.3) is 5.91 Å². The molecule has 3 aromatic carbocycles. The van der Waals surface area contributed by atoms with Crippen LogP contribution in [0.3, 0.4) is 0 Å². The largest absolute Gasteiger partial charge is 0.485 e. The number of carbonyl (C=O) groups excluding carboxylic acids is 1. The maximum atomic E-state index is 13.3. The Labute approximate surface area is 215 Å². The average molecular weight is 496 g/mol. The molecule has 1 unspecified atom stereocenters. The minimum absolute atomic E-state index is 0.0494. The lowest BCUT2D eigenvalue weighted by Crippen LogP contribution is -2.29. The zero-order chi connectivity index (χ0) is 25.8. The molecule has 0 spiro atoms. The van der Waals surface area contributed by atoms with Crippen molar-refractivity contribution in [3.63, 3.8) is 0 Å².